The number of furan rings is 1. The lowest BCUT2D eigenvalue weighted by Gasteiger charge is -2.12. The third-order valence-corrected chi connectivity index (χ3v) is 3.02. The molecule has 1 aromatic carbocycles. The maximum atomic E-state index is 11.6. The van der Waals surface area contributed by atoms with Gasteiger partial charge in [0.05, 0.1) is 19.9 Å². The van der Waals surface area contributed by atoms with Gasteiger partial charge in [0.15, 0.2) is 10.9 Å². The first-order chi connectivity index (χ1) is 11.6. The van der Waals surface area contributed by atoms with Crippen molar-refractivity contribution >= 4 is 34.8 Å². The van der Waals surface area contributed by atoms with Gasteiger partial charge in [0.2, 0.25) is 0 Å². The highest BCUT2D eigenvalue weighted by molar-refractivity contribution is 7.80. The Morgan fingerprint density at radius 2 is 1.92 bits per heavy atom. The van der Waals surface area contributed by atoms with Gasteiger partial charge in [0.25, 0.3) is 11.8 Å². The van der Waals surface area contributed by atoms with Gasteiger partial charge in [0.1, 0.15) is 5.75 Å². The molecule has 0 aliphatic carbocycles. The lowest BCUT2D eigenvalue weighted by atomic mass is 10.3. The van der Waals surface area contributed by atoms with Gasteiger partial charge >= 0.3 is 0 Å². The summed E-state index contributed by atoms with van der Waals surface area (Å²) in [6, 6.07) is 10.2. The van der Waals surface area contributed by atoms with Gasteiger partial charge in [0, 0.05) is 5.69 Å². The third kappa shape index (κ3) is 5.29. The van der Waals surface area contributed by atoms with Gasteiger partial charge in [-0.05, 0) is 48.6 Å². The number of carbonyl (C=O) groups excluding carboxylic acids is 2. The summed E-state index contributed by atoms with van der Waals surface area (Å²) < 4.78 is 9.96. The molecule has 0 saturated heterocycles. The molecule has 1 heterocycles. The van der Waals surface area contributed by atoms with Crippen LogP contribution in [-0.4, -0.2) is 30.6 Å². The molecular weight excluding hydrogens is 332 g/mol. The number of thiocarbonyl (C=S) groups is 1. The molecule has 0 fully saturated rings. The molecule has 1 aromatic heterocycles. The number of anilines is 1. The molecule has 2 rings (SSSR count). The molecule has 0 unspecified atom stereocenters. The number of hydrogen-bond acceptors (Lipinski definition) is 5. The van der Waals surface area contributed by atoms with E-state index in [2.05, 4.69) is 21.5 Å². The molecule has 0 aliphatic rings. The minimum atomic E-state index is -0.478. The number of rotatable bonds is 5. The van der Waals surface area contributed by atoms with E-state index in [0.29, 0.717) is 0 Å². The van der Waals surface area contributed by atoms with Crippen molar-refractivity contribution in [2.75, 3.05) is 19.0 Å². The summed E-state index contributed by atoms with van der Waals surface area (Å²) in [5.41, 5.74) is 5.63. The average molecular weight is 348 g/mol. The molecule has 0 aliphatic heterocycles. The number of hydrazine groups is 1. The van der Waals surface area contributed by atoms with Gasteiger partial charge < -0.3 is 19.8 Å². The number of hydrogen-bond donors (Lipinski definition) is 4. The molecule has 0 spiro atoms. The van der Waals surface area contributed by atoms with Crippen LogP contribution in [0.25, 0.3) is 0 Å². The van der Waals surface area contributed by atoms with Crippen LogP contribution in [0.2, 0.25) is 0 Å². The van der Waals surface area contributed by atoms with E-state index in [1.54, 1.807) is 37.4 Å². The molecule has 24 heavy (non-hydrogen) atoms. The summed E-state index contributed by atoms with van der Waals surface area (Å²) in [6.07, 6.45) is 1.37. The molecule has 0 bridgehead atoms. The maximum Gasteiger partial charge on any atom is 0.287 e. The summed E-state index contributed by atoms with van der Waals surface area (Å²) in [5.74, 6) is -0.0876. The number of amides is 2. The van der Waals surface area contributed by atoms with E-state index in [1.807, 2.05) is 0 Å². The van der Waals surface area contributed by atoms with Crippen LogP contribution >= 0.6 is 12.2 Å². The van der Waals surface area contributed by atoms with Crippen LogP contribution < -0.4 is 26.2 Å². The van der Waals surface area contributed by atoms with Gasteiger partial charge in [-0.25, -0.2) is 0 Å². The van der Waals surface area contributed by atoms with Crippen molar-refractivity contribution in [3.8, 4) is 5.75 Å². The Morgan fingerprint density at radius 3 is 2.54 bits per heavy atom. The second-order valence-electron chi connectivity index (χ2n) is 4.52. The standard InChI is InChI=1S/C15H16N4O4S/c1-22-11-6-4-10(5-7-11)17-15(24)19-18-13(20)9-16-14(21)12-3-2-8-23-12/h2-8H,9H2,1H3,(H,16,21)(H,18,20)(H2,17,19,24). The number of ether oxygens (including phenoxy) is 1. The number of nitrogens with one attached hydrogen (secondary N) is 4. The Kier molecular flexibility index (Phi) is 6.15. The first-order valence-electron chi connectivity index (χ1n) is 6.90. The van der Waals surface area contributed by atoms with Crippen LogP contribution in [0.4, 0.5) is 5.69 Å². The van der Waals surface area contributed by atoms with Crippen LogP contribution in [0.5, 0.6) is 5.75 Å². The average Bonchev–Trinajstić information content (AvgIpc) is 3.13. The zero-order chi connectivity index (χ0) is 17.4. The number of carbonyl (C=O) groups is 2. The Balaban J connectivity index is 1.68. The molecular formula is C15H16N4O4S. The second kappa shape index (κ2) is 8.53. The topological polar surface area (TPSA) is 105 Å². The second-order valence-corrected chi connectivity index (χ2v) is 4.92. The number of benzene rings is 1. The van der Waals surface area contributed by atoms with Gasteiger partial charge in [-0.3, -0.25) is 20.4 Å². The van der Waals surface area contributed by atoms with E-state index in [0.717, 1.165) is 11.4 Å². The Bertz CT molecular complexity index is 701. The largest absolute Gasteiger partial charge is 0.497 e. The van der Waals surface area contributed by atoms with Gasteiger partial charge in [-0.1, -0.05) is 0 Å². The molecule has 2 aromatic rings. The summed E-state index contributed by atoms with van der Waals surface area (Å²) in [6.45, 7) is -0.225. The Morgan fingerprint density at radius 1 is 1.17 bits per heavy atom. The molecule has 4 N–H and O–H groups in total. The summed E-state index contributed by atoms with van der Waals surface area (Å²) in [4.78, 5) is 23.2. The van der Waals surface area contributed by atoms with E-state index in [4.69, 9.17) is 21.4 Å². The van der Waals surface area contributed by atoms with Crippen molar-refractivity contribution < 1.29 is 18.7 Å². The fourth-order valence-electron chi connectivity index (χ4n) is 1.66. The quantitative estimate of drug-likeness (QED) is 0.473. The summed E-state index contributed by atoms with van der Waals surface area (Å²) in [5, 5.41) is 5.49. The first kappa shape index (κ1) is 17.3. The zero-order valence-corrected chi connectivity index (χ0v) is 13.6. The van der Waals surface area contributed by atoms with Crippen molar-refractivity contribution in [2.45, 2.75) is 0 Å². The SMILES string of the molecule is COc1ccc(NC(=S)NNC(=O)CNC(=O)c2ccco2)cc1. The molecule has 2 amide bonds. The highest BCUT2D eigenvalue weighted by Crippen LogP contribution is 2.14. The van der Waals surface area contributed by atoms with Crippen molar-refractivity contribution in [3.63, 3.8) is 0 Å². The Hall–Kier alpha value is -3.07. The van der Waals surface area contributed by atoms with E-state index in [1.165, 1.54) is 12.3 Å². The van der Waals surface area contributed by atoms with E-state index in [-0.39, 0.29) is 17.4 Å². The summed E-state index contributed by atoms with van der Waals surface area (Å²) >= 11 is 5.05. The molecule has 0 radical (unpaired) electrons. The minimum absolute atomic E-state index is 0.132. The van der Waals surface area contributed by atoms with E-state index < -0.39 is 11.8 Å². The van der Waals surface area contributed by atoms with Crippen molar-refractivity contribution in [1.82, 2.24) is 16.2 Å². The van der Waals surface area contributed by atoms with Crippen LogP contribution in [0.3, 0.4) is 0 Å². The lowest BCUT2D eigenvalue weighted by Crippen LogP contribution is -2.47. The molecule has 0 atom stereocenters. The first-order valence-corrected chi connectivity index (χ1v) is 7.31. The number of methoxy groups -OCH3 is 1. The lowest BCUT2D eigenvalue weighted by molar-refractivity contribution is -0.120. The van der Waals surface area contributed by atoms with E-state index >= 15 is 0 Å². The van der Waals surface area contributed by atoms with Crippen LogP contribution in [0.1, 0.15) is 10.6 Å². The van der Waals surface area contributed by atoms with Gasteiger partial charge in [-0.2, -0.15) is 0 Å². The minimum Gasteiger partial charge on any atom is -0.497 e. The molecule has 9 heteroatoms. The van der Waals surface area contributed by atoms with Crippen LogP contribution in [-0.2, 0) is 4.79 Å². The van der Waals surface area contributed by atoms with Crippen LogP contribution in [0.15, 0.2) is 47.1 Å². The van der Waals surface area contributed by atoms with Gasteiger partial charge in [-0.15, -0.1) is 0 Å². The predicted octanol–water partition coefficient (Wildman–Crippen LogP) is 1.04. The normalized spacial score (nSPS) is 9.71. The van der Waals surface area contributed by atoms with E-state index in [9.17, 15) is 9.59 Å². The highest BCUT2D eigenvalue weighted by Gasteiger charge is 2.10. The highest BCUT2D eigenvalue weighted by atomic mass is 32.1. The Labute approximate surface area is 143 Å². The van der Waals surface area contributed by atoms with Crippen molar-refractivity contribution in [3.05, 3.63) is 48.4 Å². The van der Waals surface area contributed by atoms with Crippen molar-refractivity contribution in [1.29, 1.82) is 0 Å². The summed E-state index contributed by atoms with van der Waals surface area (Å²) in [7, 11) is 1.58. The molecule has 8 nitrogen and oxygen atoms in total. The maximum absolute atomic E-state index is 11.6. The monoisotopic (exact) mass is 348 g/mol. The smallest absolute Gasteiger partial charge is 0.287 e. The fourth-order valence-corrected chi connectivity index (χ4v) is 1.83. The third-order valence-electron chi connectivity index (χ3n) is 2.82. The molecule has 126 valence electrons. The predicted molar refractivity (Wildman–Crippen MR) is 91.5 cm³/mol. The fraction of sp³-hybridized carbons (Fsp3) is 0.133. The van der Waals surface area contributed by atoms with Crippen molar-refractivity contribution in [2.24, 2.45) is 0 Å². The zero-order valence-electron chi connectivity index (χ0n) is 12.8. The van der Waals surface area contributed by atoms with Crippen LogP contribution in [0, 0.1) is 0 Å². The molecule has 0 saturated carbocycles.